The molecular weight excluding hydrogens is 475 g/mol. The highest BCUT2D eigenvalue weighted by molar-refractivity contribution is 7.92. The third kappa shape index (κ3) is 5.56. The van der Waals surface area contributed by atoms with Gasteiger partial charge in [-0.3, -0.25) is 20.3 Å². The number of rotatable bonds is 7. The Morgan fingerprint density at radius 2 is 1.72 bits per heavy atom. The Hall–Kier alpha value is -3.14. The van der Waals surface area contributed by atoms with E-state index in [4.69, 9.17) is 23.2 Å². The molecule has 0 aromatic heterocycles. The first-order chi connectivity index (χ1) is 15.1. The predicted molar refractivity (Wildman–Crippen MR) is 127 cm³/mol. The van der Waals surface area contributed by atoms with Gasteiger partial charge in [0.2, 0.25) is 0 Å². The molecule has 0 aliphatic carbocycles. The summed E-state index contributed by atoms with van der Waals surface area (Å²) in [5.74, 6) is 0. The van der Waals surface area contributed by atoms with Crippen molar-refractivity contribution in [2.45, 2.75) is 18.7 Å². The van der Waals surface area contributed by atoms with Gasteiger partial charge in [-0.25, -0.2) is 8.42 Å². The number of non-ortho nitro benzene ring substituents is 1. The van der Waals surface area contributed by atoms with Gasteiger partial charge in [0.15, 0.2) is 0 Å². The van der Waals surface area contributed by atoms with Gasteiger partial charge < -0.3 is 0 Å². The van der Waals surface area contributed by atoms with Gasteiger partial charge >= 0.3 is 0 Å². The van der Waals surface area contributed by atoms with Crippen LogP contribution in [0.2, 0.25) is 10.0 Å². The molecule has 3 rings (SSSR count). The van der Waals surface area contributed by atoms with Crippen LogP contribution in [0.4, 0.5) is 17.1 Å². The molecule has 0 aliphatic heterocycles. The molecule has 3 aromatic carbocycles. The van der Waals surface area contributed by atoms with Crippen LogP contribution in [-0.4, -0.2) is 19.6 Å². The topological polar surface area (TPSA) is 114 Å². The highest BCUT2D eigenvalue weighted by atomic mass is 35.5. The third-order valence-corrected chi connectivity index (χ3v) is 6.41. The van der Waals surface area contributed by atoms with Crippen molar-refractivity contribution in [2.24, 2.45) is 5.10 Å². The number of nitro benzene ring substituents is 1. The van der Waals surface area contributed by atoms with Crippen LogP contribution >= 0.6 is 23.2 Å². The fourth-order valence-corrected chi connectivity index (χ4v) is 4.61. The number of hydrogen-bond acceptors (Lipinski definition) is 6. The average molecular weight is 493 g/mol. The van der Waals surface area contributed by atoms with Crippen molar-refractivity contribution < 1.29 is 13.3 Å². The SMILES string of the molecule is Cc1ccc(NS(=O)(=O)c2cc([N+](=O)[O-])ccc2NN=Cc2ccc(Cl)cc2Cl)c(C)c1. The first kappa shape index (κ1) is 23.5. The van der Waals surface area contributed by atoms with E-state index >= 15 is 0 Å². The standard InChI is InChI=1S/C21H18Cl2N4O4S/c1-13-3-7-19(14(2)9-13)26-32(30,31)21-11-17(27(28)29)6-8-20(21)25-24-12-15-4-5-16(22)10-18(15)23/h3-12,25-26H,1-2H3. The smallest absolute Gasteiger partial charge is 0.270 e. The van der Waals surface area contributed by atoms with Crippen LogP contribution in [0.1, 0.15) is 16.7 Å². The van der Waals surface area contributed by atoms with Crippen LogP contribution < -0.4 is 10.1 Å². The predicted octanol–water partition coefficient (Wildman–Crippen LogP) is 5.77. The zero-order valence-electron chi connectivity index (χ0n) is 17.0. The molecule has 3 aromatic rings. The van der Waals surface area contributed by atoms with Gasteiger partial charge in [-0.1, -0.05) is 47.0 Å². The Balaban J connectivity index is 1.96. The van der Waals surface area contributed by atoms with E-state index < -0.39 is 14.9 Å². The van der Waals surface area contributed by atoms with Gasteiger partial charge in [-0.05, 0) is 43.7 Å². The van der Waals surface area contributed by atoms with Crippen molar-refractivity contribution in [1.82, 2.24) is 0 Å². The van der Waals surface area contributed by atoms with Gasteiger partial charge in [0.05, 0.1) is 27.5 Å². The largest absolute Gasteiger partial charge is 0.279 e. The lowest BCUT2D eigenvalue weighted by Crippen LogP contribution is -2.16. The molecule has 8 nitrogen and oxygen atoms in total. The molecule has 0 saturated heterocycles. The minimum Gasteiger partial charge on any atom is -0.279 e. The summed E-state index contributed by atoms with van der Waals surface area (Å²) >= 11 is 12.0. The Morgan fingerprint density at radius 1 is 1.00 bits per heavy atom. The quantitative estimate of drug-likeness (QED) is 0.247. The fraction of sp³-hybridized carbons (Fsp3) is 0.0952. The number of halogens is 2. The summed E-state index contributed by atoms with van der Waals surface area (Å²) in [6, 6.07) is 13.5. The number of hydrogen-bond donors (Lipinski definition) is 2. The molecule has 166 valence electrons. The van der Waals surface area contributed by atoms with Gasteiger partial charge in [-0.2, -0.15) is 5.10 Å². The molecule has 0 unspecified atom stereocenters. The second-order valence-electron chi connectivity index (χ2n) is 6.90. The maximum Gasteiger partial charge on any atom is 0.270 e. The van der Waals surface area contributed by atoms with E-state index in [2.05, 4.69) is 15.2 Å². The monoisotopic (exact) mass is 492 g/mol. The lowest BCUT2D eigenvalue weighted by atomic mass is 10.1. The number of nitrogens with one attached hydrogen (secondary N) is 2. The molecule has 32 heavy (non-hydrogen) atoms. The summed E-state index contributed by atoms with van der Waals surface area (Å²) in [6.07, 6.45) is 1.38. The second-order valence-corrected chi connectivity index (χ2v) is 9.39. The van der Waals surface area contributed by atoms with Crippen molar-refractivity contribution in [3.8, 4) is 0 Å². The maximum atomic E-state index is 13.1. The lowest BCUT2D eigenvalue weighted by Gasteiger charge is -2.14. The molecule has 0 radical (unpaired) electrons. The summed E-state index contributed by atoms with van der Waals surface area (Å²) in [4.78, 5) is 10.2. The zero-order chi connectivity index (χ0) is 23.5. The fourth-order valence-electron chi connectivity index (χ4n) is 2.84. The summed E-state index contributed by atoms with van der Waals surface area (Å²) in [6.45, 7) is 3.65. The number of nitrogens with zero attached hydrogens (tertiary/aromatic N) is 2. The summed E-state index contributed by atoms with van der Waals surface area (Å²) in [5.41, 5.74) is 4.89. The highest BCUT2D eigenvalue weighted by Crippen LogP contribution is 2.29. The van der Waals surface area contributed by atoms with Crippen LogP contribution in [-0.2, 0) is 10.0 Å². The van der Waals surface area contributed by atoms with E-state index in [9.17, 15) is 18.5 Å². The molecule has 0 bridgehead atoms. The minimum absolute atomic E-state index is 0.0502. The number of aryl methyl sites for hydroxylation is 2. The van der Waals surface area contributed by atoms with Crippen molar-refractivity contribution in [2.75, 3.05) is 10.1 Å². The Kier molecular flexibility index (Phi) is 7.02. The van der Waals surface area contributed by atoms with Crippen LogP contribution in [0, 0.1) is 24.0 Å². The van der Waals surface area contributed by atoms with E-state index in [1.165, 1.54) is 18.3 Å². The molecule has 11 heteroatoms. The molecule has 0 heterocycles. The number of anilines is 2. The van der Waals surface area contributed by atoms with Crippen molar-refractivity contribution in [3.05, 3.63) is 91.4 Å². The Morgan fingerprint density at radius 3 is 2.38 bits per heavy atom. The average Bonchev–Trinajstić information content (AvgIpc) is 2.71. The summed E-state index contributed by atoms with van der Waals surface area (Å²) in [5, 5.41) is 16.1. The number of hydrazone groups is 1. The molecule has 0 amide bonds. The molecule has 0 atom stereocenters. The molecule has 0 saturated carbocycles. The molecule has 2 N–H and O–H groups in total. The number of nitro groups is 1. The normalized spacial score (nSPS) is 11.5. The molecular formula is C21H18Cl2N4O4S. The Bertz CT molecular complexity index is 1330. The van der Waals surface area contributed by atoms with E-state index in [1.807, 2.05) is 13.0 Å². The minimum atomic E-state index is -4.18. The second kappa shape index (κ2) is 9.56. The highest BCUT2D eigenvalue weighted by Gasteiger charge is 2.23. The number of sulfonamides is 1. The van der Waals surface area contributed by atoms with Crippen molar-refractivity contribution in [3.63, 3.8) is 0 Å². The molecule has 0 aliphatic rings. The first-order valence-corrected chi connectivity index (χ1v) is 11.4. The van der Waals surface area contributed by atoms with Crippen molar-refractivity contribution in [1.29, 1.82) is 0 Å². The first-order valence-electron chi connectivity index (χ1n) is 9.19. The van der Waals surface area contributed by atoms with Gasteiger partial charge in [0.25, 0.3) is 15.7 Å². The zero-order valence-corrected chi connectivity index (χ0v) is 19.3. The molecule has 0 spiro atoms. The van der Waals surface area contributed by atoms with Gasteiger partial charge in [0.1, 0.15) is 4.90 Å². The van der Waals surface area contributed by atoms with Crippen molar-refractivity contribution >= 4 is 56.5 Å². The summed E-state index contributed by atoms with van der Waals surface area (Å²) < 4.78 is 28.7. The van der Waals surface area contributed by atoms with E-state index in [-0.39, 0.29) is 16.3 Å². The van der Waals surface area contributed by atoms with Crippen LogP contribution in [0.5, 0.6) is 0 Å². The maximum absolute atomic E-state index is 13.1. The third-order valence-electron chi connectivity index (χ3n) is 4.44. The van der Waals surface area contributed by atoms with Crippen LogP contribution in [0.15, 0.2) is 64.6 Å². The number of benzene rings is 3. The van der Waals surface area contributed by atoms with E-state index in [1.54, 1.807) is 37.3 Å². The lowest BCUT2D eigenvalue weighted by molar-refractivity contribution is -0.385. The van der Waals surface area contributed by atoms with E-state index in [0.29, 0.717) is 26.9 Å². The van der Waals surface area contributed by atoms with Crippen LogP contribution in [0.3, 0.4) is 0 Å². The molecule has 0 fully saturated rings. The summed E-state index contributed by atoms with van der Waals surface area (Å²) in [7, 11) is -4.18. The van der Waals surface area contributed by atoms with Gasteiger partial charge in [-0.15, -0.1) is 0 Å². The van der Waals surface area contributed by atoms with E-state index in [0.717, 1.165) is 11.6 Å². The van der Waals surface area contributed by atoms with Crippen LogP contribution in [0.25, 0.3) is 0 Å². The van der Waals surface area contributed by atoms with Gasteiger partial charge in [0, 0.05) is 22.7 Å². The Labute approximate surface area is 195 Å².